The molecule has 1 N–H and O–H groups in total. The van der Waals surface area contributed by atoms with Gasteiger partial charge in [0.1, 0.15) is 5.76 Å². The van der Waals surface area contributed by atoms with E-state index in [1.807, 2.05) is 31.9 Å². The lowest BCUT2D eigenvalue weighted by Gasteiger charge is -2.27. The Bertz CT molecular complexity index is 359. The van der Waals surface area contributed by atoms with Crippen molar-refractivity contribution >= 4 is 5.97 Å². The summed E-state index contributed by atoms with van der Waals surface area (Å²) in [6, 6.07) is 1.91. The highest BCUT2D eigenvalue weighted by molar-refractivity contribution is 5.70. The standard InChI is InChI=1S/C12H19NO3/c1-8(12(14)15)9(2)13(4)7-11-5-6-16-10(11)3/h5-6,8-9H,7H2,1-4H3,(H,14,15). The highest BCUT2D eigenvalue weighted by Gasteiger charge is 2.23. The van der Waals surface area contributed by atoms with Crippen LogP contribution in [0.25, 0.3) is 0 Å². The van der Waals surface area contributed by atoms with Gasteiger partial charge in [-0.2, -0.15) is 0 Å². The maximum atomic E-state index is 10.9. The molecule has 0 fully saturated rings. The fourth-order valence-corrected chi connectivity index (χ4v) is 1.58. The van der Waals surface area contributed by atoms with Gasteiger partial charge in [-0.1, -0.05) is 6.92 Å². The van der Waals surface area contributed by atoms with E-state index >= 15 is 0 Å². The van der Waals surface area contributed by atoms with Crippen LogP contribution in [-0.2, 0) is 11.3 Å². The first-order chi connectivity index (χ1) is 7.43. The molecule has 1 aromatic rings. The van der Waals surface area contributed by atoms with Gasteiger partial charge in [-0.25, -0.2) is 0 Å². The van der Waals surface area contributed by atoms with Crippen LogP contribution in [0.4, 0.5) is 0 Å². The molecule has 2 atom stereocenters. The van der Waals surface area contributed by atoms with Gasteiger partial charge in [0.05, 0.1) is 12.2 Å². The predicted molar refractivity (Wildman–Crippen MR) is 61.2 cm³/mol. The maximum Gasteiger partial charge on any atom is 0.307 e. The van der Waals surface area contributed by atoms with Crippen LogP contribution in [-0.4, -0.2) is 29.1 Å². The van der Waals surface area contributed by atoms with Crippen molar-refractivity contribution in [1.29, 1.82) is 0 Å². The third-order valence-electron chi connectivity index (χ3n) is 3.19. The summed E-state index contributed by atoms with van der Waals surface area (Å²) in [5, 5.41) is 8.94. The lowest BCUT2D eigenvalue weighted by Crippen LogP contribution is -2.37. The van der Waals surface area contributed by atoms with E-state index in [1.54, 1.807) is 13.2 Å². The normalized spacial score (nSPS) is 15.1. The van der Waals surface area contributed by atoms with E-state index in [0.717, 1.165) is 11.3 Å². The number of nitrogens with zero attached hydrogens (tertiary/aromatic N) is 1. The molecule has 2 unspecified atom stereocenters. The Morgan fingerprint density at radius 1 is 1.56 bits per heavy atom. The molecule has 1 aromatic heterocycles. The highest BCUT2D eigenvalue weighted by Crippen LogP contribution is 2.16. The Morgan fingerprint density at radius 2 is 2.19 bits per heavy atom. The summed E-state index contributed by atoms with van der Waals surface area (Å²) in [5.41, 5.74) is 1.10. The third-order valence-corrected chi connectivity index (χ3v) is 3.19. The number of furan rings is 1. The van der Waals surface area contributed by atoms with Crippen molar-refractivity contribution in [2.75, 3.05) is 7.05 Å². The van der Waals surface area contributed by atoms with Crippen molar-refractivity contribution < 1.29 is 14.3 Å². The summed E-state index contributed by atoms with van der Waals surface area (Å²) in [5.74, 6) is -0.248. The summed E-state index contributed by atoms with van der Waals surface area (Å²) in [7, 11) is 1.93. The lowest BCUT2D eigenvalue weighted by atomic mass is 10.0. The number of rotatable bonds is 5. The van der Waals surface area contributed by atoms with Crippen LogP contribution in [0.3, 0.4) is 0 Å². The first-order valence-corrected chi connectivity index (χ1v) is 5.39. The second-order valence-corrected chi connectivity index (χ2v) is 4.28. The topological polar surface area (TPSA) is 53.7 Å². The number of aliphatic carboxylic acids is 1. The molecule has 0 amide bonds. The van der Waals surface area contributed by atoms with Crippen molar-refractivity contribution in [2.45, 2.75) is 33.4 Å². The van der Waals surface area contributed by atoms with E-state index in [0.29, 0.717) is 6.54 Å². The average Bonchev–Trinajstić information content (AvgIpc) is 2.62. The molecule has 0 aliphatic rings. The molecule has 0 aromatic carbocycles. The van der Waals surface area contributed by atoms with E-state index in [4.69, 9.17) is 9.52 Å². The molecule has 0 aliphatic heterocycles. The van der Waals surface area contributed by atoms with Crippen molar-refractivity contribution in [1.82, 2.24) is 4.90 Å². The van der Waals surface area contributed by atoms with Gasteiger partial charge in [0.25, 0.3) is 0 Å². The van der Waals surface area contributed by atoms with Gasteiger partial charge in [-0.15, -0.1) is 0 Å². The van der Waals surface area contributed by atoms with Gasteiger partial charge in [0, 0.05) is 18.2 Å². The van der Waals surface area contributed by atoms with E-state index in [1.165, 1.54) is 0 Å². The van der Waals surface area contributed by atoms with Gasteiger partial charge in [0.15, 0.2) is 0 Å². The van der Waals surface area contributed by atoms with Crippen molar-refractivity contribution in [3.8, 4) is 0 Å². The Hall–Kier alpha value is -1.29. The van der Waals surface area contributed by atoms with Gasteiger partial charge in [-0.3, -0.25) is 9.69 Å². The molecule has 4 heteroatoms. The van der Waals surface area contributed by atoms with Gasteiger partial charge < -0.3 is 9.52 Å². The zero-order valence-corrected chi connectivity index (χ0v) is 10.2. The number of hydrogen-bond acceptors (Lipinski definition) is 3. The number of carbonyl (C=O) groups is 1. The van der Waals surface area contributed by atoms with Crippen molar-refractivity contribution in [3.05, 3.63) is 23.7 Å². The largest absolute Gasteiger partial charge is 0.481 e. The third kappa shape index (κ3) is 2.85. The second kappa shape index (κ2) is 5.16. The molecule has 4 nitrogen and oxygen atoms in total. The van der Waals surface area contributed by atoms with Crippen LogP contribution in [0.15, 0.2) is 16.7 Å². The monoisotopic (exact) mass is 225 g/mol. The first kappa shape index (κ1) is 12.8. The van der Waals surface area contributed by atoms with Crippen LogP contribution in [0.1, 0.15) is 25.2 Å². The van der Waals surface area contributed by atoms with Crippen LogP contribution < -0.4 is 0 Å². The van der Waals surface area contributed by atoms with E-state index < -0.39 is 5.97 Å². The fourth-order valence-electron chi connectivity index (χ4n) is 1.58. The molecule has 0 spiro atoms. The summed E-state index contributed by atoms with van der Waals surface area (Å²) < 4.78 is 5.21. The summed E-state index contributed by atoms with van der Waals surface area (Å²) >= 11 is 0. The number of carboxylic acids is 1. The molecular weight excluding hydrogens is 206 g/mol. The maximum absolute atomic E-state index is 10.9. The summed E-state index contributed by atoms with van der Waals surface area (Å²) in [6.07, 6.45) is 1.66. The van der Waals surface area contributed by atoms with Gasteiger partial charge >= 0.3 is 5.97 Å². The molecule has 1 rings (SSSR count). The molecule has 90 valence electrons. The van der Waals surface area contributed by atoms with Crippen molar-refractivity contribution in [3.63, 3.8) is 0 Å². The highest BCUT2D eigenvalue weighted by atomic mass is 16.4. The van der Waals surface area contributed by atoms with Crippen LogP contribution in [0, 0.1) is 12.8 Å². The molecule has 0 radical (unpaired) electrons. The Kier molecular flexibility index (Phi) is 4.12. The van der Waals surface area contributed by atoms with Gasteiger partial charge in [0.2, 0.25) is 0 Å². The van der Waals surface area contributed by atoms with Crippen LogP contribution in [0.5, 0.6) is 0 Å². The second-order valence-electron chi connectivity index (χ2n) is 4.28. The number of carboxylic acid groups (broad SMARTS) is 1. The number of aryl methyl sites for hydroxylation is 1. The molecule has 0 bridgehead atoms. The lowest BCUT2D eigenvalue weighted by molar-refractivity contribution is -0.143. The molecule has 0 saturated heterocycles. The van der Waals surface area contributed by atoms with Crippen molar-refractivity contribution in [2.24, 2.45) is 5.92 Å². The first-order valence-electron chi connectivity index (χ1n) is 5.39. The quantitative estimate of drug-likeness (QED) is 0.834. The van der Waals surface area contributed by atoms with E-state index in [-0.39, 0.29) is 12.0 Å². The minimum Gasteiger partial charge on any atom is -0.481 e. The Balaban J connectivity index is 2.62. The summed E-state index contributed by atoms with van der Waals surface area (Å²) in [4.78, 5) is 12.9. The zero-order chi connectivity index (χ0) is 12.3. The zero-order valence-electron chi connectivity index (χ0n) is 10.2. The predicted octanol–water partition coefficient (Wildman–Crippen LogP) is 2.13. The molecular formula is C12H19NO3. The fraction of sp³-hybridized carbons (Fsp3) is 0.583. The van der Waals surface area contributed by atoms with Crippen LogP contribution >= 0.6 is 0 Å². The summed E-state index contributed by atoms with van der Waals surface area (Å²) in [6.45, 7) is 6.27. The Labute approximate surface area is 95.9 Å². The van der Waals surface area contributed by atoms with E-state index in [2.05, 4.69) is 0 Å². The Morgan fingerprint density at radius 3 is 2.62 bits per heavy atom. The average molecular weight is 225 g/mol. The minimum atomic E-state index is -0.761. The van der Waals surface area contributed by atoms with E-state index in [9.17, 15) is 4.79 Å². The molecule has 0 aliphatic carbocycles. The molecule has 0 saturated carbocycles. The van der Waals surface area contributed by atoms with Crippen LogP contribution in [0.2, 0.25) is 0 Å². The minimum absolute atomic E-state index is 0.00759. The molecule has 1 heterocycles. The SMILES string of the molecule is Cc1occc1CN(C)C(C)C(C)C(=O)O. The molecule has 16 heavy (non-hydrogen) atoms. The van der Waals surface area contributed by atoms with Gasteiger partial charge in [-0.05, 0) is 27.0 Å². The smallest absolute Gasteiger partial charge is 0.307 e. The number of hydrogen-bond donors (Lipinski definition) is 1.